The molecule has 2 rings (SSSR count). The standard InChI is InChI=1S/C19H21Cl2NO3/c1-3-4-8-25-18-16(21)10-14(11-17(18)24-2)19(23)22-12-13-6-5-7-15(20)9-13/h5-7,9-11H,3-4,8,12H2,1-2H3,(H,22,23). The van der Waals surface area contributed by atoms with Gasteiger partial charge in [0.25, 0.3) is 5.91 Å². The Bertz CT molecular complexity index is 735. The molecule has 1 amide bonds. The molecule has 0 aromatic heterocycles. The fourth-order valence-corrected chi connectivity index (χ4v) is 2.72. The Labute approximate surface area is 158 Å². The summed E-state index contributed by atoms with van der Waals surface area (Å²) in [5, 5.41) is 3.82. The Morgan fingerprint density at radius 3 is 2.68 bits per heavy atom. The summed E-state index contributed by atoms with van der Waals surface area (Å²) in [4.78, 5) is 12.4. The SMILES string of the molecule is CCCCOc1c(Cl)cc(C(=O)NCc2cccc(Cl)c2)cc1OC. The summed E-state index contributed by atoms with van der Waals surface area (Å²) in [6, 6.07) is 10.5. The first-order valence-electron chi connectivity index (χ1n) is 8.08. The van der Waals surface area contributed by atoms with Crippen LogP contribution in [-0.2, 0) is 6.54 Å². The minimum absolute atomic E-state index is 0.250. The van der Waals surface area contributed by atoms with E-state index in [0.29, 0.717) is 40.3 Å². The second-order valence-electron chi connectivity index (χ2n) is 5.50. The first-order valence-corrected chi connectivity index (χ1v) is 8.83. The van der Waals surface area contributed by atoms with Gasteiger partial charge in [-0.3, -0.25) is 4.79 Å². The van der Waals surface area contributed by atoms with E-state index >= 15 is 0 Å². The van der Waals surface area contributed by atoms with Crippen LogP contribution in [0.25, 0.3) is 0 Å². The van der Waals surface area contributed by atoms with Crippen LogP contribution in [0.3, 0.4) is 0 Å². The van der Waals surface area contributed by atoms with Crippen LogP contribution in [0.15, 0.2) is 36.4 Å². The monoisotopic (exact) mass is 381 g/mol. The summed E-state index contributed by atoms with van der Waals surface area (Å²) in [5.74, 6) is 0.654. The smallest absolute Gasteiger partial charge is 0.251 e. The molecule has 0 aliphatic rings. The number of hydrogen-bond donors (Lipinski definition) is 1. The van der Waals surface area contributed by atoms with Gasteiger partial charge in [-0.05, 0) is 36.2 Å². The maximum Gasteiger partial charge on any atom is 0.251 e. The zero-order valence-electron chi connectivity index (χ0n) is 14.3. The van der Waals surface area contributed by atoms with Crippen molar-refractivity contribution in [2.75, 3.05) is 13.7 Å². The number of unbranched alkanes of at least 4 members (excludes halogenated alkanes) is 1. The van der Waals surface area contributed by atoms with Gasteiger partial charge in [0, 0.05) is 17.1 Å². The van der Waals surface area contributed by atoms with Gasteiger partial charge in [-0.1, -0.05) is 48.7 Å². The molecule has 0 fully saturated rings. The van der Waals surface area contributed by atoms with Crippen molar-refractivity contribution in [1.82, 2.24) is 5.32 Å². The Morgan fingerprint density at radius 2 is 2.00 bits per heavy atom. The van der Waals surface area contributed by atoms with Crippen LogP contribution in [0.5, 0.6) is 11.5 Å². The van der Waals surface area contributed by atoms with Crippen LogP contribution in [0.2, 0.25) is 10.0 Å². The molecular weight excluding hydrogens is 361 g/mol. The Morgan fingerprint density at radius 1 is 1.20 bits per heavy atom. The average Bonchev–Trinajstić information content (AvgIpc) is 2.60. The number of carbonyl (C=O) groups is 1. The molecule has 134 valence electrons. The lowest BCUT2D eigenvalue weighted by Crippen LogP contribution is -2.22. The molecule has 25 heavy (non-hydrogen) atoms. The maximum absolute atomic E-state index is 12.4. The van der Waals surface area contributed by atoms with Gasteiger partial charge in [0.2, 0.25) is 0 Å². The molecule has 0 aliphatic heterocycles. The van der Waals surface area contributed by atoms with Crippen molar-refractivity contribution >= 4 is 29.1 Å². The minimum atomic E-state index is -0.250. The Balaban J connectivity index is 2.10. The van der Waals surface area contributed by atoms with E-state index in [1.807, 2.05) is 12.1 Å². The molecule has 0 aliphatic carbocycles. The van der Waals surface area contributed by atoms with Crippen LogP contribution in [0.1, 0.15) is 35.7 Å². The first kappa shape index (κ1) is 19.4. The number of halogens is 2. The first-order chi connectivity index (χ1) is 12.0. The number of amides is 1. The van der Waals surface area contributed by atoms with Crippen molar-refractivity contribution in [2.24, 2.45) is 0 Å². The van der Waals surface area contributed by atoms with Gasteiger partial charge in [-0.15, -0.1) is 0 Å². The summed E-state index contributed by atoms with van der Waals surface area (Å²) in [6.07, 6.45) is 1.94. The zero-order valence-corrected chi connectivity index (χ0v) is 15.8. The summed E-state index contributed by atoms with van der Waals surface area (Å²) in [5.41, 5.74) is 1.32. The molecule has 0 heterocycles. The quantitative estimate of drug-likeness (QED) is 0.646. The molecule has 6 heteroatoms. The highest BCUT2D eigenvalue weighted by atomic mass is 35.5. The summed E-state index contributed by atoms with van der Waals surface area (Å²) < 4.78 is 11.0. The number of rotatable bonds is 8. The summed E-state index contributed by atoms with van der Waals surface area (Å²) >= 11 is 12.2. The van der Waals surface area contributed by atoms with Crippen LogP contribution in [-0.4, -0.2) is 19.6 Å². The molecule has 0 saturated carbocycles. The molecule has 0 saturated heterocycles. The molecule has 0 spiro atoms. The van der Waals surface area contributed by atoms with Gasteiger partial charge in [0.05, 0.1) is 18.7 Å². The molecule has 4 nitrogen and oxygen atoms in total. The van der Waals surface area contributed by atoms with E-state index in [4.69, 9.17) is 32.7 Å². The highest BCUT2D eigenvalue weighted by Crippen LogP contribution is 2.36. The molecule has 2 aromatic carbocycles. The molecule has 2 aromatic rings. The van der Waals surface area contributed by atoms with Crippen LogP contribution >= 0.6 is 23.2 Å². The van der Waals surface area contributed by atoms with E-state index in [1.165, 1.54) is 7.11 Å². The highest BCUT2D eigenvalue weighted by molar-refractivity contribution is 6.32. The van der Waals surface area contributed by atoms with Crippen molar-refractivity contribution in [1.29, 1.82) is 0 Å². The minimum Gasteiger partial charge on any atom is -0.493 e. The number of methoxy groups -OCH3 is 1. The topological polar surface area (TPSA) is 47.6 Å². The number of carbonyl (C=O) groups excluding carboxylic acids is 1. The lowest BCUT2D eigenvalue weighted by atomic mass is 10.1. The normalized spacial score (nSPS) is 10.4. The number of ether oxygens (including phenoxy) is 2. The Kier molecular flexibility index (Phi) is 7.41. The van der Waals surface area contributed by atoms with Gasteiger partial charge in [-0.25, -0.2) is 0 Å². The molecule has 1 N–H and O–H groups in total. The molecular formula is C19H21Cl2NO3. The predicted octanol–water partition coefficient (Wildman–Crippen LogP) is 5.11. The highest BCUT2D eigenvalue weighted by Gasteiger charge is 2.16. The van der Waals surface area contributed by atoms with E-state index in [-0.39, 0.29) is 5.91 Å². The van der Waals surface area contributed by atoms with Gasteiger partial charge in [-0.2, -0.15) is 0 Å². The molecule has 0 unspecified atom stereocenters. The third kappa shape index (κ3) is 5.55. The van der Waals surface area contributed by atoms with Crippen molar-refractivity contribution in [2.45, 2.75) is 26.3 Å². The fraction of sp³-hybridized carbons (Fsp3) is 0.316. The van der Waals surface area contributed by atoms with Gasteiger partial charge >= 0.3 is 0 Å². The zero-order chi connectivity index (χ0) is 18.2. The largest absolute Gasteiger partial charge is 0.493 e. The van der Waals surface area contributed by atoms with Gasteiger partial charge in [0.1, 0.15) is 0 Å². The molecule has 0 atom stereocenters. The van der Waals surface area contributed by atoms with Crippen LogP contribution in [0, 0.1) is 0 Å². The number of hydrogen-bond acceptors (Lipinski definition) is 3. The fourth-order valence-electron chi connectivity index (χ4n) is 2.24. The number of nitrogens with one attached hydrogen (secondary N) is 1. The number of benzene rings is 2. The van der Waals surface area contributed by atoms with Crippen molar-refractivity contribution in [3.63, 3.8) is 0 Å². The van der Waals surface area contributed by atoms with Gasteiger partial charge in [0.15, 0.2) is 11.5 Å². The third-order valence-corrected chi connectivity index (χ3v) is 4.09. The van der Waals surface area contributed by atoms with E-state index in [9.17, 15) is 4.79 Å². The second-order valence-corrected chi connectivity index (χ2v) is 6.35. The molecule has 0 radical (unpaired) electrons. The maximum atomic E-state index is 12.4. The van der Waals surface area contributed by atoms with Crippen molar-refractivity contribution in [3.8, 4) is 11.5 Å². The Hall–Kier alpha value is -1.91. The molecule has 0 bridgehead atoms. The summed E-state index contributed by atoms with van der Waals surface area (Å²) in [6.45, 7) is 3.00. The second kappa shape index (κ2) is 9.54. The van der Waals surface area contributed by atoms with Crippen LogP contribution in [0.4, 0.5) is 0 Å². The van der Waals surface area contributed by atoms with Gasteiger partial charge < -0.3 is 14.8 Å². The predicted molar refractivity (Wildman–Crippen MR) is 101 cm³/mol. The van der Waals surface area contributed by atoms with E-state index in [2.05, 4.69) is 12.2 Å². The van der Waals surface area contributed by atoms with E-state index in [1.54, 1.807) is 24.3 Å². The lowest BCUT2D eigenvalue weighted by Gasteiger charge is -2.14. The third-order valence-electron chi connectivity index (χ3n) is 3.58. The van der Waals surface area contributed by atoms with E-state index in [0.717, 1.165) is 18.4 Å². The van der Waals surface area contributed by atoms with Crippen molar-refractivity contribution in [3.05, 3.63) is 57.6 Å². The van der Waals surface area contributed by atoms with Crippen LogP contribution < -0.4 is 14.8 Å². The van der Waals surface area contributed by atoms with E-state index < -0.39 is 0 Å². The van der Waals surface area contributed by atoms with Crippen molar-refractivity contribution < 1.29 is 14.3 Å². The summed E-state index contributed by atoms with van der Waals surface area (Å²) in [7, 11) is 1.52. The average molecular weight is 382 g/mol. The lowest BCUT2D eigenvalue weighted by molar-refractivity contribution is 0.0950.